The number of hydrogen-bond acceptors (Lipinski definition) is 6. The summed E-state index contributed by atoms with van der Waals surface area (Å²) in [6, 6.07) is 15.1. The van der Waals surface area contributed by atoms with Gasteiger partial charge in [-0.2, -0.15) is 4.98 Å². The first-order chi connectivity index (χ1) is 13.4. The molecule has 1 aromatic heterocycles. The Morgan fingerprint density at radius 3 is 2.29 bits per heavy atom. The molecule has 3 aromatic rings. The van der Waals surface area contributed by atoms with Crippen molar-refractivity contribution in [2.45, 2.75) is 26.9 Å². The highest BCUT2D eigenvalue weighted by atomic mass is 35.5. The van der Waals surface area contributed by atoms with Crippen LogP contribution < -0.4 is 20.1 Å². The molecule has 0 aliphatic heterocycles. The van der Waals surface area contributed by atoms with Gasteiger partial charge in [0.25, 0.3) is 0 Å². The summed E-state index contributed by atoms with van der Waals surface area (Å²) in [4.78, 5) is 8.96. The summed E-state index contributed by atoms with van der Waals surface area (Å²) in [5.41, 5.74) is 2.52. The molecule has 0 unspecified atom stereocenters. The smallest absolute Gasteiger partial charge is 0.229 e. The summed E-state index contributed by atoms with van der Waals surface area (Å²) in [6.45, 7) is 5.92. The van der Waals surface area contributed by atoms with Gasteiger partial charge in [0.15, 0.2) is 0 Å². The second kappa shape index (κ2) is 8.80. The molecular formula is C21H23ClN4O2. The molecule has 0 atom stereocenters. The number of benzene rings is 2. The fourth-order valence-corrected chi connectivity index (χ4v) is 2.86. The van der Waals surface area contributed by atoms with Gasteiger partial charge in [0, 0.05) is 23.1 Å². The molecule has 3 rings (SSSR count). The number of methoxy groups -OCH3 is 1. The van der Waals surface area contributed by atoms with Crippen LogP contribution in [0.25, 0.3) is 0 Å². The molecule has 1 heterocycles. The zero-order chi connectivity index (χ0) is 20.1. The van der Waals surface area contributed by atoms with Crippen LogP contribution in [-0.4, -0.2) is 23.2 Å². The number of anilines is 4. The Morgan fingerprint density at radius 2 is 1.64 bits per heavy atom. The minimum Gasteiger partial charge on any atom is -0.495 e. The Morgan fingerprint density at radius 1 is 0.929 bits per heavy atom. The van der Waals surface area contributed by atoms with Crippen LogP contribution in [0.1, 0.15) is 19.5 Å². The lowest BCUT2D eigenvalue weighted by molar-refractivity contribution is 0.242. The van der Waals surface area contributed by atoms with Crippen LogP contribution in [-0.2, 0) is 0 Å². The van der Waals surface area contributed by atoms with Gasteiger partial charge in [-0.25, -0.2) is 4.98 Å². The molecule has 6 nitrogen and oxygen atoms in total. The van der Waals surface area contributed by atoms with Crippen molar-refractivity contribution in [1.29, 1.82) is 0 Å². The van der Waals surface area contributed by atoms with E-state index in [2.05, 4.69) is 20.6 Å². The molecule has 28 heavy (non-hydrogen) atoms. The zero-order valence-corrected chi connectivity index (χ0v) is 17.0. The monoisotopic (exact) mass is 398 g/mol. The summed E-state index contributed by atoms with van der Waals surface area (Å²) < 4.78 is 10.8. The summed E-state index contributed by atoms with van der Waals surface area (Å²) in [7, 11) is 1.58. The highest BCUT2D eigenvalue weighted by Crippen LogP contribution is 2.28. The predicted octanol–water partition coefficient (Wildman–Crippen LogP) is 5.72. The fourth-order valence-electron chi connectivity index (χ4n) is 2.60. The molecule has 0 aliphatic rings. The topological polar surface area (TPSA) is 68.3 Å². The van der Waals surface area contributed by atoms with Crippen LogP contribution in [0.3, 0.4) is 0 Å². The van der Waals surface area contributed by atoms with Crippen molar-refractivity contribution in [3.05, 3.63) is 59.2 Å². The minimum atomic E-state index is 0.142. The molecule has 0 spiro atoms. The van der Waals surface area contributed by atoms with Gasteiger partial charge in [0.1, 0.15) is 17.3 Å². The van der Waals surface area contributed by atoms with Crippen molar-refractivity contribution < 1.29 is 9.47 Å². The van der Waals surface area contributed by atoms with E-state index in [0.29, 0.717) is 22.5 Å². The first-order valence-electron chi connectivity index (χ1n) is 8.93. The van der Waals surface area contributed by atoms with Crippen LogP contribution in [0, 0.1) is 6.92 Å². The van der Waals surface area contributed by atoms with E-state index in [0.717, 1.165) is 22.8 Å². The van der Waals surface area contributed by atoms with Gasteiger partial charge in [0.2, 0.25) is 5.95 Å². The second-order valence-corrected chi connectivity index (χ2v) is 6.92. The fraction of sp³-hybridized carbons (Fsp3) is 0.238. The molecule has 146 valence electrons. The number of aryl methyl sites for hydroxylation is 1. The Hall–Kier alpha value is -2.99. The second-order valence-electron chi connectivity index (χ2n) is 6.51. The van der Waals surface area contributed by atoms with E-state index in [-0.39, 0.29) is 6.10 Å². The quantitative estimate of drug-likeness (QED) is 0.530. The lowest BCUT2D eigenvalue weighted by Gasteiger charge is -2.12. The van der Waals surface area contributed by atoms with E-state index in [1.165, 1.54) is 0 Å². The molecule has 2 aromatic carbocycles. The highest BCUT2D eigenvalue weighted by Gasteiger charge is 2.07. The number of aromatic nitrogens is 2. The van der Waals surface area contributed by atoms with Crippen molar-refractivity contribution in [3.8, 4) is 11.5 Å². The van der Waals surface area contributed by atoms with E-state index < -0.39 is 0 Å². The van der Waals surface area contributed by atoms with E-state index >= 15 is 0 Å². The van der Waals surface area contributed by atoms with Crippen molar-refractivity contribution in [3.63, 3.8) is 0 Å². The Bertz CT molecular complexity index is 946. The summed E-state index contributed by atoms with van der Waals surface area (Å²) >= 11 is 6.18. The van der Waals surface area contributed by atoms with E-state index in [1.807, 2.05) is 57.2 Å². The van der Waals surface area contributed by atoms with Crippen molar-refractivity contribution in [1.82, 2.24) is 9.97 Å². The van der Waals surface area contributed by atoms with E-state index in [9.17, 15) is 0 Å². The maximum Gasteiger partial charge on any atom is 0.229 e. The third kappa shape index (κ3) is 5.27. The largest absolute Gasteiger partial charge is 0.495 e. The molecule has 0 saturated carbocycles. The molecule has 0 bridgehead atoms. The van der Waals surface area contributed by atoms with Gasteiger partial charge in [-0.3, -0.25) is 0 Å². The average Bonchev–Trinajstić information content (AvgIpc) is 2.63. The molecule has 0 fully saturated rings. The van der Waals surface area contributed by atoms with Crippen LogP contribution in [0.4, 0.5) is 23.1 Å². The maximum absolute atomic E-state index is 6.18. The van der Waals surface area contributed by atoms with Gasteiger partial charge in [-0.1, -0.05) is 11.6 Å². The van der Waals surface area contributed by atoms with Crippen LogP contribution >= 0.6 is 11.6 Å². The normalized spacial score (nSPS) is 10.6. The number of hydrogen-bond donors (Lipinski definition) is 2. The first kappa shape index (κ1) is 19.8. The van der Waals surface area contributed by atoms with Crippen molar-refractivity contribution in [2.75, 3.05) is 17.7 Å². The molecule has 2 N–H and O–H groups in total. The van der Waals surface area contributed by atoms with Crippen LogP contribution in [0.5, 0.6) is 11.5 Å². The van der Waals surface area contributed by atoms with E-state index in [4.69, 9.17) is 21.1 Å². The Labute approximate surface area is 169 Å². The van der Waals surface area contributed by atoms with E-state index in [1.54, 1.807) is 19.2 Å². The molecule has 0 amide bonds. The Kier molecular flexibility index (Phi) is 6.21. The van der Waals surface area contributed by atoms with Gasteiger partial charge in [-0.05, 0) is 63.2 Å². The molecule has 0 aliphatic carbocycles. The summed E-state index contributed by atoms with van der Waals surface area (Å²) in [5.74, 6) is 2.61. The van der Waals surface area contributed by atoms with Crippen molar-refractivity contribution >= 4 is 34.7 Å². The number of nitrogens with zero attached hydrogens (tertiary/aromatic N) is 2. The predicted molar refractivity (Wildman–Crippen MR) is 114 cm³/mol. The Balaban J connectivity index is 1.75. The van der Waals surface area contributed by atoms with Gasteiger partial charge in [0.05, 0.1) is 18.2 Å². The van der Waals surface area contributed by atoms with Crippen LogP contribution in [0.15, 0.2) is 48.5 Å². The van der Waals surface area contributed by atoms with Crippen LogP contribution in [0.2, 0.25) is 5.02 Å². The third-order valence-corrected chi connectivity index (χ3v) is 4.06. The van der Waals surface area contributed by atoms with Gasteiger partial charge < -0.3 is 20.1 Å². The number of nitrogens with one attached hydrogen (secondary N) is 2. The molecule has 0 radical (unpaired) electrons. The average molecular weight is 399 g/mol. The summed E-state index contributed by atoms with van der Waals surface area (Å²) in [6.07, 6.45) is 0.142. The number of halogens is 1. The highest BCUT2D eigenvalue weighted by molar-refractivity contribution is 6.32. The number of ether oxygens (including phenoxy) is 2. The lowest BCUT2D eigenvalue weighted by atomic mass is 10.3. The first-order valence-corrected chi connectivity index (χ1v) is 9.31. The number of rotatable bonds is 7. The third-order valence-electron chi connectivity index (χ3n) is 3.76. The zero-order valence-electron chi connectivity index (χ0n) is 16.3. The SMILES string of the molecule is COc1ccc(Nc2nc(C)cc(Nc3ccc(OC(C)C)cc3)n2)cc1Cl. The standard InChI is InChI=1S/C21H23ClN4O2/c1-13(2)28-17-8-5-15(6-9-17)24-20-11-14(3)23-21(26-20)25-16-7-10-19(27-4)18(22)12-16/h5-13H,1-4H3,(H2,23,24,25,26). The maximum atomic E-state index is 6.18. The molecular weight excluding hydrogens is 376 g/mol. The van der Waals surface area contributed by atoms with Gasteiger partial charge >= 0.3 is 0 Å². The molecule has 7 heteroatoms. The summed E-state index contributed by atoms with van der Waals surface area (Å²) in [5, 5.41) is 6.98. The minimum absolute atomic E-state index is 0.142. The lowest BCUT2D eigenvalue weighted by Crippen LogP contribution is -2.05. The molecule has 0 saturated heterocycles. The van der Waals surface area contributed by atoms with Gasteiger partial charge in [-0.15, -0.1) is 0 Å². The van der Waals surface area contributed by atoms with Crippen molar-refractivity contribution in [2.24, 2.45) is 0 Å².